The highest BCUT2D eigenvalue weighted by Gasteiger charge is 2.47. The van der Waals surface area contributed by atoms with Crippen LogP contribution in [0.3, 0.4) is 0 Å². The average molecular weight is 547 g/mol. The van der Waals surface area contributed by atoms with Crippen LogP contribution in [0.25, 0.3) is 5.76 Å². The maximum atomic E-state index is 13.7. The van der Waals surface area contributed by atoms with Crippen molar-refractivity contribution in [2.24, 2.45) is 0 Å². The molecule has 0 aromatic heterocycles. The molecule has 4 rings (SSSR count). The van der Waals surface area contributed by atoms with Crippen molar-refractivity contribution in [3.63, 3.8) is 0 Å². The summed E-state index contributed by atoms with van der Waals surface area (Å²) >= 11 is 9.63. The van der Waals surface area contributed by atoms with Crippen LogP contribution in [-0.4, -0.2) is 31.0 Å². The number of ether oxygens (including phenoxy) is 2. The second-order valence-corrected chi connectivity index (χ2v) is 8.65. The molecule has 3 aromatic carbocycles. The zero-order chi connectivity index (χ0) is 24.6. The van der Waals surface area contributed by atoms with Crippen LogP contribution in [-0.2, 0) is 9.59 Å². The molecule has 9 heteroatoms. The number of nitrogens with zero attached hydrogens (tertiary/aromatic N) is 1. The lowest BCUT2D eigenvalue weighted by atomic mass is 9.95. The van der Waals surface area contributed by atoms with E-state index in [1.165, 1.54) is 49.5 Å². The van der Waals surface area contributed by atoms with Crippen LogP contribution in [0, 0.1) is 5.82 Å². The van der Waals surface area contributed by atoms with Crippen LogP contribution in [0.15, 0.2) is 70.7 Å². The van der Waals surface area contributed by atoms with Crippen molar-refractivity contribution in [2.75, 3.05) is 19.1 Å². The quantitative estimate of drug-likeness (QED) is 0.246. The summed E-state index contributed by atoms with van der Waals surface area (Å²) in [6.45, 7) is 0. The highest BCUT2D eigenvalue weighted by molar-refractivity contribution is 9.10. The minimum absolute atomic E-state index is 0.138. The molecule has 3 aromatic rings. The number of ketones is 1. The first-order chi connectivity index (χ1) is 16.3. The van der Waals surface area contributed by atoms with Crippen LogP contribution in [0.1, 0.15) is 17.2 Å². The van der Waals surface area contributed by atoms with Gasteiger partial charge in [-0.2, -0.15) is 0 Å². The van der Waals surface area contributed by atoms with E-state index in [1.807, 2.05) is 0 Å². The van der Waals surface area contributed by atoms with E-state index in [9.17, 15) is 19.1 Å². The van der Waals surface area contributed by atoms with Crippen molar-refractivity contribution in [1.82, 2.24) is 0 Å². The van der Waals surface area contributed by atoms with Crippen molar-refractivity contribution in [3.05, 3.63) is 92.7 Å². The fourth-order valence-electron chi connectivity index (χ4n) is 3.83. The van der Waals surface area contributed by atoms with E-state index < -0.39 is 23.5 Å². The van der Waals surface area contributed by atoms with E-state index in [-0.39, 0.29) is 16.4 Å². The zero-order valence-corrected chi connectivity index (χ0v) is 20.4. The molecular weight excluding hydrogens is 529 g/mol. The summed E-state index contributed by atoms with van der Waals surface area (Å²) in [5.74, 6) is -1.68. The largest absolute Gasteiger partial charge is 0.507 e. The van der Waals surface area contributed by atoms with Gasteiger partial charge in [0.15, 0.2) is 0 Å². The molecule has 0 spiro atoms. The first-order valence-electron chi connectivity index (χ1n) is 10.0. The number of anilines is 1. The SMILES string of the molecule is COc1ccc(N2C(=O)C(=O)/C(=C(/O)c3ccc(OC)c(Br)c3)C2c2ccc(F)cc2)cc1Cl. The van der Waals surface area contributed by atoms with E-state index in [0.29, 0.717) is 32.8 Å². The van der Waals surface area contributed by atoms with E-state index >= 15 is 0 Å². The molecule has 34 heavy (non-hydrogen) atoms. The third kappa shape index (κ3) is 4.15. The summed E-state index contributed by atoms with van der Waals surface area (Å²) in [6.07, 6.45) is 0. The average Bonchev–Trinajstić information content (AvgIpc) is 3.09. The lowest BCUT2D eigenvalue weighted by Crippen LogP contribution is -2.29. The smallest absolute Gasteiger partial charge is 0.300 e. The molecule has 1 fully saturated rings. The van der Waals surface area contributed by atoms with Gasteiger partial charge in [0.1, 0.15) is 23.1 Å². The number of carbonyl (C=O) groups excluding carboxylic acids is 2. The van der Waals surface area contributed by atoms with Crippen LogP contribution >= 0.6 is 27.5 Å². The molecule has 174 valence electrons. The zero-order valence-electron chi connectivity index (χ0n) is 18.0. The van der Waals surface area contributed by atoms with Crippen molar-refractivity contribution in [1.29, 1.82) is 0 Å². The first-order valence-corrected chi connectivity index (χ1v) is 11.2. The number of hydrogen-bond donors (Lipinski definition) is 1. The second kappa shape index (κ2) is 9.48. The molecule has 1 amide bonds. The van der Waals surface area contributed by atoms with Crippen molar-refractivity contribution in [3.8, 4) is 11.5 Å². The molecule has 1 N–H and O–H groups in total. The molecule has 1 heterocycles. The van der Waals surface area contributed by atoms with Gasteiger partial charge >= 0.3 is 0 Å². The molecule has 1 aliphatic heterocycles. The van der Waals surface area contributed by atoms with Crippen molar-refractivity contribution < 1.29 is 28.6 Å². The normalized spacial score (nSPS) is 17.2. The number of hydrogen-bond acceptors (Lipinski definition) is 5. The standard InChI is InChI=1S/C25H18BrClFNO5/c1-33-19-9-5-14(11-17(19)26)23(30)21-22(13-3-6-15(28)7-4-13)29(25(32)24(21)31)16-8-10-20(34-2)18(27)12-16/h3-12,22,30H,1-2H3/b23-21+. The highest BCUT2D eigenvalue weighted by atomic mass is 79.9. The van der Waals surface area contributed by atoms with Gasteiger partial charge in [0.2, 0.25) is 0 Å². The Kier molecular flexibility index (Phi) is 6.63. The van der Waals surface area contributed by atoms with E-state index in [0.717, 1.165) is 0 Å². The Morgan fingerprint density at radius 3 is 2.24 bits per heavy atom. The molecule has 0 bridgehead atoms. The summed E-state index contributed by atoms with van der Waals surface area (Å²) in [4.78, 5) is 27.6. The van der Waals surface area contributed by atoms with Gasteiger partial charge < -0.3 is 14.6 Å². The fraction of sp³-hybridized carbons (Fsp3) is 0.120. The minimum Gasteiger partial charge on any atom is -0.507 e. The molecule has 1 aliphatic rings. The Balaban J connectivity index is 1.93. The molecule has 0 saturated carbocycles. The third-order valence-corrected chi connectivity index (χ3v) is 6.38. The Labute approximate surface area is 208 Å². The number of benzene rings is 3. The number of carbonyl (C=O) groups is 2. The Morgan fingerprint density at radius 1 is 1.00 bits per heavy atom. The number of Topliss-reactive ketones (excluding diaryl/α,β-unsaturated/α-hetero) is 1. The summed E-state index contributed by atoms with van der Waals surface area (Å²) in [7, 11) is 2.96. The second-order valence-electron chi connectivity index (χ2n) is 7.39. The summed E-state index contributed by atoms with van der Waals surface area (Å²) in [5, 5.41) is 11.4. The third-order valence-electron chi connectivity index (χ3n) is 5.47. The maximum Gasteiger partial charge on any atom is 0.300 e. The molecule has 1 atom stereocenters. The van der Waals surface area contributed by atoms with Gasteiger partial charge in [0.25, 0.3) is 11.7 Å². The molecule has 6 nitrogen and oxygen atoms in total. The van der Waals surface area contributed by atoms with Gasteiger partial charge in [-0.15, -0.1) is 0 Å². The van der Waals surface area contributed by atoms with Crippen LogP contribution in [0.5, 0.6) is 11.5 Å². The van der Waals surface area contributed by atoms with Gasteiger partial charge in [-0.1, -0.05) is 23.7 Å². The predicted octanol–water partition coefficient (Wildman–Crippen LogP) is 5.89. The number of amides is 1. The number of methoxy groups -OCH3 is 2. The van der Waals surface area contributed by atoms with Gasteiger partial charge in [-0.3, -0.25) is 14.5 Å². The summed E-state index contributed by atoms with van der Waals surface area (Å²) in [6, 6.07) is 13.7. The van der Waals surface area contributed by atoms with Gasteiger partial charge in [0.05, 0.1) is 35.3 Å². The molecular formula is C25H18BrClFNO5. The van der Waals surface area contributed by atoms with Gasteiger partial charge in [-0.05, 0) is 70.0 Å². The number of rotatable bonds is 5. The minimum atomic E-state index is -1.02. The van der Waals surface area contributed by atoms with Crippen LogP contribution in [0.4, 0.5) is 10.1 Å². The highest BCUT2D eigenvalue weighted by Crippen LogP contribution is 2.44. The van der Waals surface area contributed by atoms with Gasteiger partial charge in [0, 0.05) is 11.3 Å². The van der Waals surface area contributed by atoms with Crippen molar-refractivity contribution in [2.45, 2.75) is 6.04 Å². The molecule has 1 saturated heterocycles. The Hall–Kier alpha value is -3.36. The predicted molar refractivity (Wildman–Crippen MR) is 130 cm³/mol. The van der Waals surface area contributed by atoms with Crippen LogP contribution in [0.2, 0.25) is 5.02 Å². The Morgan fingerprint density at radius 2 is 1.65 bits per heavy atom. The molecule has 0 radical (unpaired) electrons. The van der Waals surface area contributed by atoms with Crippen molar-refractivity contribution >= 4 is 50.7 Å². The Bertz CT molecular complexity index is 1330. The maximum absolute atomic E-state index is 13.7. The number of aliphatic hydroxyl groups is 1. The number of aliphatic hydroxyl groups excluding tert-OH is 1. The van der Waals surface area contributed by atoms with Crippen LogP contribution < -0.4 is 14.4 Å². The summed E-state index contributed by atoms with van der Waals surface area (Å²) < 4.78 is 24.6. The first kappa shape index (κ1) is 23.8. The van der Waals surface area contributed by atoms with Gasteiger partial charge in [-0.25, -0.2) is 4.39 Å². The van der Waals surface area contributed by atoms with E-state index in [1.54, 1.807) is 30.3 Å². The topological polar surface area (TPSA) is 76.1 Å². The monoisotopic (exact) mass is 545 g/mol. The molecule has 1 unspecified atom stereocenters. The van der Waals surface area contributed by atoms with E-state index in [2.05, 4.69) is 15.9 Å². The lowest BCUT2D eigenvalue weighted by Gasteiger charge is -2.26. The molecule has 0 aliphatic carbocycles. The van der Waals surface area contributed by atoms with E-state index in [4.69, 9.17) is 21.1 Å². The number of halogens is 3. The summed E-state index contributed by atoms with van der Waals surface area (Å²) in [5.41, 5.74) is 0.907. The fourth-order valence-corrected chi connectivity index (χ4v) is 4.63. The lowest BCUT2D eigenvalue weighted by molar-refractivity contribution is -0.132.